The standard InChI is InChI=1S/C14H24N2O3S/c1-11(2)19-9-8-16(4)12(3)13-6-5-7-14(10-13)20(15,17)18/h5-7,10-12H,8-9H2,1-4H3,(H2,15,17,18)/t12-/m1/s1. The second-order valence-electron chi connectivity index (χ2n) is 5.19. The molecule has 0 aliphatic heterocycles. The second kappa shape index (κ2) is 7.17. The van der Waals surface area contributed by atoms with Gasteiger partial charge in [-0.05, 0) is 45.5 Å². The summed E-state index contributed by atoms with van der Waals surface area (Å²) in [6, 6.07) is 6.84. The average molecular weight is 300 g/mol. The van der Waals surface area contributed by atoms with Gasteiger partial charge in [0.2, 0.25) is 10.0 Å². The molecule has 6 heteroatoms. The molecular formula is C14H24N2O3S. The van der Waals surface area contributed by atoms with E-state index < -0.39 is 10.0 Å². The number of nitrogens with zero attached hydrogens (tertiary/aromatic N) is 1. The van der Waals surface area contributed by atoms with Crippen LogP contribution >= 0.6 is 0 Å². The Labute approximate surface area is 121 Å². The van der Waals surface area contributed by atoms with E-state index in [1.807, 2.05) is 33.9 Å². The third kappa shape index (κ3) is 5.20. The van der Waals surface area contributed by atoms with Crippen molar-refractivity contribution >= 4 is 10.0 Å². The van der Waals surface area contributed by atoms with E-state index in [1.54, 1.807) is 12.1 Å². The van der Waals surface area contributed by atoms with Crippen LogP contribution in [-0.4, -0.2) is 39.6 Å². The van der Waals surface area contributed by atoms with Crippen LogP contribution in [0.4, 0.5) is 0 Å². The van der Waals surface area contributed by atoms with Crippen LogP contribution in [0.1, 0.15) is 32.4 Å². The van der Waals surface area contributed by atoms with Gasteiger partial charge < -0.3 is 4.74 Å². The Hall–Kier alpha value is -0.950. The zero-order valence-corrected chi connectivity index (χ0v) is 13.4. The summed E-state index contributed by atoms with van der Waals surface area (Å²) in [7, 11) is -1.67. The summed E-state index contributed by atoms with van der Waals surface area (Å²) in [6.45, 7) is 7.45. The van der Waals surface area contributed by atoms with E-state index in [4.69, 9.17) is 9.88 Å². The van der Waals surface area contributed by atoms with Gasteiger partial charge >= 0.3 is 0 Å². The van der Waals surface area contributed by atoms with Crippen molar-refractivity contribution in [1.82, 2.24) is 4.90 Å². The van der Waals surface area contributed by atoms with E-state index in [0.29, 0.717) is 6.61 Å². The summed E-state index contributed by atoms with van der Waals surface area (Å²) in [5.41, 5.74) is 0.920. The van der Waals surface area contributed by atoms with Gasteiger partial charge in [-0.25, -0.2) is 13.6 Å². The lowest BCUT2D eigenvalue weighted by Crippen LogP contribution is -2.27. The molecule has 0 amide bonds. The molecular weight excluding hydrogens is 276 g/mol. The first kappa shape index (κ1) is 17.1. The zero-order valence-electron chi connectivity index (χ0n) is 12.5. The largest absolute Gasteiger partial charge is 0.377 e. The lowest BCUT2D eigenvalue weighted by molar-refractivity contribution is 0.0572. The fourth-order valence-electron chi connectivity index (χ4n) is 1.83. The van der Waals surface area contributed by atoms with Crippen molar-refractivity contribution in [2.45, 2.75) is 37.8 Å². The topological polar surface area (TPSA) is 72.6 Å². The number of sulfonamides is 1. The van der Waals surface area contributed by atoms with Crippen LogP contribution in [0.3, 0.4) is 0 Å². The molecule has 0 bridgehead atoms. The van der Waals surface area contributed by atoms with Crippen molar-refractivity contribution in [3.05, 3.63) is 29.8 Å². The number of hydrogen-bond donors (Lipinski definition) is 1. The van der Waals surface area contributed by atoms with Crippen molar-refractivity contribution in [2.24, 2.45) is 5.14 Å². The summed E-state index contributed by atoms with van der Waals surface area (Å²) in [5.74, 6) is 0. The minimum atomic E-state index is -3.66. The Bertz CT molecular complexity index is 529. The molecule has 0 aromatic heterocycles. The third-order valence-electron chi connectivity index (χ3n) is 3.23. The third-order valence-corrected chi connectivity index (χ3v) is 4.14. The Balaban J connectivity index is 2.74. The van der Waals surface area contributed by atoms with Gasteiger partial charge in [0.15, 0.2) is 0 Å². The number of benzene rings is 1. The van der Waals surface area contributed by atoms with Gasteiger partial charge in [-0.1, -0.05) is 12.1 Å². The predicted molar refractivity (Wildman–Crippen MR) is 79.9 cm³/mol. The van der Waals surface area contributed by atoms with Crippen molar-refractivity contribution in [3.8, 4) is 0 Å². The molecule has 0 saturated heterocycles. The van der Waals surface area contributed by atoms with Gasteiger partial charge in [-0.2, -0.15) is 0 Å². The highest BCUT2D eigenvalue weighted by Crippen LogP contribution is 2.21. The van der Waals surface area contributed by atoms with Gasteiger partial charge in [-0.15, -0.1) is 0 Å². The Morgan fingerprint density at radius 1 is 1.30 bits per heavy atom. The molecule has 0 heterocycles. The van der Waals surface area contributed by atoms with Crippen LogP contribution in [0.5, 0.6) is 0 Å². The molecule has 1 rings (SSSR count). The highest BCUT2D eigenvalue weighted by atomic mass is 32.2. The molecule has 1 aromatic rings. The van der Waals surface area contributed by atoms with Gasteiger partial charge in [-0.3, -0.25) is 4.90 Å². The molecule has 0 fully saturated rings. The monoisotopic (exact) mass is 300 g/mol. The summed E-state index contributed by atoms with van der Waals surface area (Å²) in [4.78, 5) is 2.26. The van der Waals surface area contributed by atoms with Gasteiger partial charge in [0, 0.05) is 12.6 Å². The number of hydrogen-bond acceptors (Lipinski definition) is 4. The summed E-state index contributed by atoms with van der Waals surface area (Å²) in [6.07, 6.45) is 0.212. The van der Waals surface area contributed by atoms with Crippen LogP contribution in [0, 0.1) is 0 Å². The quantitative estimate of drug-likeness (QED) is 0.832. The lowest BCUT2D eigenvalue weighted by atomic mass is 10.1. The maximum atomic E-state index is 11.4. The van der Waals surface area contributed by atoms with E-state index >= 15 is 0 Å². The molecule has 20 heavy (non-hydrogen) atoms. The number of ether oxygens (including phenoxy) is 1. The van der Waals surface area contributed by atoms with Crippen molar-refractivity contribution in [1.29, 1.82) is 0 Å². The fourth-order valence-corrected chi connectivity index (χ4v) is 2.40. The first-order chi connectivity index (χ1) is 9.21. The number of rotatable bonds is 7. The van der Waals surface area contributed by atoms with Gasteiger partial charge in [0.25, 0.3) is 0 Å². The Morgan fingerprint density at radius 3 is 2.50 bits per heavy atom. The maximum absolute atomic E-state index is 11.4. The molecule has 0 unspecified atom stereocenters. The van der Waals surface area contributed by atoms with E-state index in [0.717, 1.165) is 12.1 Å². The molecule has 0 aliphatic carbocycles. The summed E-state index contributed by atoms with van der Waals surface area (Å²) < 4.78 is 28.3. The molecule has 0 aliphatic rings. The second-order valence-corrected chi connectivity index (χ2v) is 6.76. The normalized spacial score (nSPS) is 13.9. The predicted octanol–water partition coefficient (Wildman–Crippen LogP) is 1.75. The van der Waals surface area contributed by atoms with Crippen LogP contribution < -0.4 is 5.14 Å². The van der Waals surface area contributed by atoms with Crippen molar-refractivity contribution < 1.29 is 13.2 Å². The van der Waals surface area contributed by atoms with E-state index in [2.05, 4.69) is 4.90 Å². The molecule has 114 valence electrons. The minimum Gasteiger partial charge on any atom is -0.377 e. The average Bonchev–Trinajstić information content (AvgIpc) is 2.36. The highest BCUT2D eigenvalue weighted by molar-refractivity contribution is 7.89. The van der Waals surface area contributed by atoms with Crippen LogP contribution in [0.15, 0.2) is 29.2 Å². The lowest BCUT2D eigenvalue weighted by Gasteiger charge is -2.25. The number of primary sulfonamides is 1. The van der Waals surface area contributed by atoms with E-state index in [-0.39, 0.29) is 17.0 Å². The summed E-state index contributed by atoms with van der Waals surface area (Å²) in [5, 5.41) is 5.15. The Kier molecular flexibility index (Phi) is 6.13. The first-order valence-electron chi connectivity index (χ1n) is 6.66. The molecule has 2 N–H and O–H groups in total. The smallest absolute Gasteiger partial charge is 0.238 e. The summed E-state index contributed by atoms with van der Waals surface area (Å²) >= 11 is 0. The molecule has 0 spiro atoms. The highest BCUT2D eigenvalue weighted by Gasteiger charge is 2.14. The number of likely N-dealkylation sites (N-methyl/N-ethyl adjacent to an activating group) is 1. The van der Waals surface area contributed by atoms with Crippen molar-refractivity contribution in [3.63, 3.8) is 0 Å². The molecule has 1 aromatic carbocycles. The number of nitrogens with two attached hydrogens (primary N) is 1. The van der Waals surface area contributed by atoms with Gasteiger partial charge in [0.1, 0.15) is 0 Å². The fraction of sp³-hybridized carbons (Fsp3) is 0.571. The van der Waals surface area contributed by atoms with Crippen molar-refractivity contribution in [2.75, 3.05) is 20.2 Å². The molecule has 1 atom stereocenters. The molecule has 0 saturated carbocycles. The van der Waals surface area contributed by atoms with E-state index in [1.165, 1.54) is 6.07 Å². The molecule has 0 radical (unpaired) electrons. The minimum absolute atomic E-state index is 0.0902. The van der Waals surface area contributed by atoms with E-state index in [9.17, 15) is 8.42 Å². The van der Waals surface area contributed by atoms with Crippen LogP contribution in [0.2, 0.25) is 0 Å². The molecule has 5 nitrogen and oxygen atoms in total. The maximum Gasteiger partial charge on any atom is 0.238 e. The Morgan fingerprint density at radius 2 is 1.95 bits per heavy atom. The SMILES string of the molecule is CC(C)OCCN(C)[C@H](C)c1cccc(S(N)(=O)=O)c1. The zero-order chi connectivity index (χ0) is 15.3. The van der Waals surface area contributed by atoms with Crippen LogP contribution in [-0.2, 0) is 14.8 Å². The first-order valence-corrected chi connectivity index (χ1v) is 8.21. The van der Waals surface area contributed by atoms with Gasteiger partial charge in [0.05, 0.1) is 17.6 Å². The van der Waals surface area contributed by atoms with Crippen LogP contribution in [0.25, 0.3) is 0 Å².